The van der Waals surface area contributed by atoms with Crippen LogP contribution in [0.2, 0.25) is 0 Å². The van der Waals surface area contributed by atoms with Crippen LogP contribution in [-0.4, -0.2) is 51.7 Å². The molecule has 0 aliphatic rings. The molecule has 7 nitrogen and oxygen atoms in total. The van der Waals surface area contributed by atoms with E-state index in [4.69, 9.17) is 0 Å². The highest BCUT2D eigenvalue weighted by Gasteiger charge is 2.30. The summed E-state index contributed by atoms with van der Waals surface area (Å²) in [6.07, 6.45) is -8.75. The Labute approximate surface area is 160 Å². The lowest BCUT2D eigenvalue weighted by Gasteiger charge is -2.15. The lowest BCUT2D eigenvalue weighted by Crippen LogP contribution is -2.20. The van der Waals surface area contributed by atoms with E-state index in [9.17, 15) is 35.9 Å². The molecule has 1 N–H and O–H groups in total. The van der Waals surface area contributed by atoms with Gasteiger partial charge in [-0.2, -0.15) is 26.3 Å². The molecular formula is C16H15F6NO6. The fourth-order valence-corrected chi connectivity index (χ4v) is 1.73. The van der Waals surface area contributed by atoms with E-state index in [2.05, 4.69) is 24.3 Å². The molecule has 1 aromatic rings. The van der Waals surface area contributed by atoms with Crippen LogP contribution in [0.15, 0.2) is 30.0 Å². The molecule has 0 heterocycles. The van der Waals surface area contributed by atoms with E-state index < -0.39 is 54.7 Å². The minimum Gasteiger partial charge on any atom is -0.484 e. The van der Waals surface area contributed by atoms with Gasteiger partial charge in [0, 0.05) is 23.9 Å². The predicted molar refractivity (Wildman–Crippen MR) is 85.3 cm³/mol. The maximum Gasteiger partial charge on any atom is 0.422 e. The van der Waals surface area contributed by atoms with Crippen molar-refractivity contribution in [1.29, 1.82) is 0 Å². The Kier molecular flexibility index (Phi) is 8.16. The van der Waals surface area contributed by atoms with Crippen molar-refractivity contribution in [3.63, 3.8) is 0 Å². The molecule has 0 spiro atoms. The van der Waals surface area contributed by atoms with Crippen molar-refractivity contribution in [2.45, 2.75) is 12.4 Å². The predicted octanol–water partition coefficient (Wildman–Crippen LogP) is 3.21. The summed E-state index contributed by atoms with van der Waals surface area (Å²) in [5, 5.41) is 2.33. The third-order valence-corrected chi connectivity index (χ3v) is 2.83. The molecule has 0 saturated carbocycles. The number of anilines is 1. The lowest BCUT2D eigenvalue weighted by atomic mass is 10.2. The standard InChI is InChI=1S/C16H15F6NO6/c1-26-13(24)6-12(14(25)27-2)23-9-3-10(28-7-15(17,18)19)5-11(4-9)29-8-16(20,21)22/h3-6,23H,7-8H2,1-2H3/b12-6+. The monoisotopic (exact) mass is 431 g/mol. The van der Waals surface area contributed by atoms with Crippen molar-refractivity contribution in [2.75, 3.05) is 32.8 Å². The van der Waals surface area contributed by atoms with Gasteiger partial charge in [-0.3, -0.25) is 0 Å². The lowest BCUT2D eigenvalue weighted by molar-refractivity contribution is -0.154. The van der Waals surface area contributed by atoms with Crippen LogP contribution in [0.25, 0.3) is 0 Å². The zero-order valence-corrected chi connectivity index (χ0v) is 14.9. The summed E-state index contributed by atoms with van der Waals surface area (Å²) < 4.78 is 91.9. The molecule has 0 aromatic heterocycles. The molecule has 0 aliphatic carbocycles. The Morgan fingerprint density at radius 2 is 1.38 bits per heavy atom. The summed E-state index contributed by atoms with van der Waals surface area (Å²) in [6, 6.07) is 2.69. The van der Waals surface area contributed by atoms with Crippen molar-refractivity contribution < 1.29 is 54.9 Å². The van der Waals surface area contributed by atoms with Crippen LogP contribution in [-0.2, 0) is 19.1 Å². The third-order valence-electron chi connectivity index (χ3n) is 2.83. The maximum absolute atomic E-state index is 12.3. The Morgan fingerprint density at radius 3 is 1.76 bits per heavy atom. The van der Waals surface area contributed by atoms with Crippen LogP contribution in [0.4, 0.5) is 32.0 Å². The minimum atomic E-state index is -4.71. The number of esters is 2. The second-order valence-corrected chi connectivity index (χ2v) is 5.20. The van der Waals surface area contributed by atoms with Gasteiger partial charge in [-0.25, -0.2) is 9.59 Å². The zero-order valence-electron chi connectivity index (χ0n) is 14.9. The maximum atomic E-state index is 12.3. The molecule has 0 radical (unpaired) electrons. The molecule has 0 amide bonds. The molecule has 0 aliphatic heterocycles. The Bertz CT molecular complexity index is 723. The minimum absolute atomic E-state index is 0.220. The summed E-state index contributed by atoms with van der Waals surface area (Å²) in [6.45, 7) is -3.45. The highest BCUT2D eigenvalue weighted by atomic mass is 19.4. The second kappa shape index (κ2) is 9.89. The highest BCUT2D eigenvalue weighted by Crippen LogP contribution is 2.30. The molecule has 0 saturated heterocycles. The fraction of sp³-hybridized carbons (Fsp3) is 0.375. The number of hydrogen-bond donors (Lipinski definition) is 1. The molecule has 1 aromatic carbocycles. The summed E-state index contributed by atoms with van der Waals surface area (Å²) in [5.41, 5.74) is -0.725. The number of hydrogen-bond acceptors (Lipinski definition) is 7. The SMILES string of the molecule is COC(=O)/C=C(/Nc1cc(OCC(F)(F)F)cc(OCC(F)(F)F)c1)C(=O)OC. The molecule has 162 valence electrons. The summed E-state index contributed by atoms with van der Waals surface area (Å²) in [7, 11) is 2.00. The van der Waals surface area contributed by atoms with Crippen LogP contribution in [0, 0.1) is 0 Å². The first-order chi connectivity index (χ1) is 13.3. The number of nitrogens with one attached hydrogen (secondary N) is 1. The number of ether oxygens (including phenoxy) is 4. The van der Waals surface area contributed by atoms with E-state index in [1.807, 2.05) is 0 Å². The molecule has 0 fully saturated rings. The number of carbonyl (C=O) groups excluding carboxylic acids is 2. The molecule has 0 atom stereocenters. The van der Waals surface area contributed by atoms with Crippen molar-refractivity contribution in [2.24, 2.45) is 0 Å². The van der Waals surface area contributed by atoms with Gasteiger partial charge in [0.1, 0.15) is 17.2 Å². The first-order valence-corrected chi connectivity index (χ1v) is 7.52. The quantitative estimate of drug-likeness (QED) is 0.385. The number of halogens is 6. The van der Waals surface area contributed by atoms with E-state index in [1.165, 1.54) is 0 Å². The third kappa shape index (κ3) is 9.58. The van der Waals surface area contributed by atoms with Crippen molar-refractivity contribution in [3.05, 3.63) is 30.0 Å². The van der Waals surface area contributed by atoms with Crippen LogP contribution in [0.5, 0.6) is 11.5 Å². The van der Waals surface area contributed by atoms with Crippen molar-refractivity contribution in [1.82, 2.24) is 0 Å². The van der Waals surface area contributed by atoms with Gasteiger partial charge in [-0.05, 0) is 0 Å². The van der Waals surface area contributed by atoms with Crippen LogP contribution in [0.3, 0.4) is 0 Å². The molecule has 0 unspecified atom stereocenters. The van der Waals surface area contributed by atoms with E-state index >= 15 is 0 Å². The Balaban J connectivity index is 3.21. The van der Waals surface area contributed by atoms with Crippen molar-refractivity contribution in [3.8, 4) is 11.5 Å². The van der Waals surface area contributed by atoms with Gasteiger partial charge in [0.2, 0.25) is 0 Å². The van der Waals surface area contributed by atoms with Gasteiger partial charge in [-0.1, -0.05) is 0 Å². The average molecular weight is 431 g/mol. The second-order valence-electron chi connectivity index (χ2n) is 5.20. The molecule has 0 bridgehead atoms. The smallest absolute Gasteiger partial charge is 0.422 e. The van der Waals surface area contributed by atoms with Gasteiger partial charge in [0.25, 0.3) is 0 Å². The van der Waals surface area contributed by atoms with Gasteiger partial charge in [-0.15, -0.1) is 0 Å². The van der Waals surface area contributed by atoms with E-state index in [-0.39, 0.29) is 5.69 Å². The number of benzene rings is 1. The van der Waals surface area contributed by atoms with E-state index in [1.54, 1.807) is 0 Å². The van der Waals surface area contributed by atoms with Crippen LogP contribution >= 0.6 is 0 Å². The Hall–Kier alpha value is -3.12. The highest BCUT2D eigenvalue weighted by molar-refractivity contribution is 5.98. The summed E-state index contributed by atoms with van der Waals surface area (Å²) in [4.78, 5) is 23.1. The topological polar surface area (TPSA) is 83.1 Å². The number of alkyl halides is 6. The van der Waals surface area contributed by atoms with Crippen LogP contribution in [0.1, 0.15) is 0 Å². The average Bonchev–Trinajstić information content (AvgIpc) is 2.62. The number of carbonyl (C=O) groups is 2. The van der Waals surface area contributed by atoms with Gasteiger partial charge >= 0.3 is 24.3 Å². The molecule has 1 rings (SSSR count). The summed E-state index contributed by atoms with van der Waals surface area (Å²) in [5.74, 6) is -3.05. The molecular weight excluding hydrogens is 416 g/mol. The van der Waals surface area contributed by atoms with Gasteiger partial charge in [0.15, 0.2) is 13.2 Å². The van der Waals surface area contributed by atoms with Gasteiger partial charge < -0.3 is 24.3 Å². The first kappa shape index (κ1) is 23.9. The van der Waals surface area contributed by atoms with Crippen molar-refractivity contribution >= 4 is 17.6 Å². The molecule has 29 heavy (non-hydrogen) atoms. The largest absolute Gasteiger partial charge is 0.484 e. The van der Waals surface area contributed by atoms with Gasteiger partial charge in [0.05, 0.1) is 20.3 Å². The first-order valence-electron chi connectivity index (χ1n) is 7.52. The fourth-order valence-electron chi connectivity index (χ4n) is 1.73. The van der Waals surface area contributed by atoms with Crippen LogP contribution < -0.4 is 14.8 Å². The summed E-state index contributed by atoms with van der Waals surface area (Å²) >= 11 is 0. The number of methoxy groups -OCH3 is 2. The normalized spacial score (nSPS) is 12.2. The van der Waals surface area contributed by atoms with E-state index in [0.29, 0.717) is 6.08 Å². The Morgan fingerprint density at radius 1 is 0.897 bits per heavy atom. The zero-order chi connectivity index (χ0) is 22.2. The molecule has 13 heteroatoms. The number of rotatable bonds is 8. The van der Waals surface area contributed by atoms with E-state index in [0.717, 1.165) is 32.4 Å².